The predicted molar refractivity (Wildman–Crippen MR) is 113 cm³/mol. The van der Waals surface area contributed by atoms with Crippen molar-refractivity contribution in [2.45, 2.75) is 18.9 Å². The zero-order valence-electron chi connectivity index (χ0n) is 16.3. The third-order valence-corrected chi connectivity index (χ3v) is 5.16. The van der Waals surface area contributed by atoms with E-state index in [1.165, 1.54) is 35.2 Å². The molecule has 0 unspecified atom stereocenters. The van der Waals surface area contributed by atoms with Crippen LogP contribution in [0, 0.1) is 5.82 Å². The minimum Gasteiger partial charge on any atom is -0.356 e. The standard InChI is InChI=1S/C21H21FN4O3S/c1-25-20(29)17(13-18(27)23-11-10-14-6-3-2-4-7-14)26(21(25)30)24-19(28)15-8-5-9-16(22)12-15/h2-9,12,17H,10-11,13H2,1H3,(H,23,27)(H,24,28)/t17-/m0/s1. The third-order valence-electron chi connectivity index (χ3n) is 4.69. The highest BCUT2D eigenvalue weighted by Gasteiger charge is 2.42. The number of nitrogens with zero attached hydrogens (tertiary/aromatic N) is 2. The summed E-state index contributed by atoms with van der Waals surface area (Å²) >= 11 is 5.23. The fraction of sp³-hybridized carbons (Fsp3) is 0.238. The molecule has 0 aliphatic carbocycles. The summed E-state index contributed by atoms with van der Waals surface area (Å²) in [6, 6.07) is 13.8. The van der Waals surface area contributed by atoms with E-state index in [9.17, 15) is 18.8 Å². The van der Waals surface area contributed by atoms with Gasteiger partial charge >= 0.3 is 0 Å². The number of hydrogen-bond acceptors (Lipinski definition) is 4. The van der Waals surface area contributed by atoms with Crippen LogP contribution in [0.15, 0.2) is 54.6 Å². The Balaban J connectivity index is 1.62. The Labute approximate surface area is 178 Å². The molecule has 1 heterocycles. The number of halogens is 1. The Kier molecular flexibility index (Phi) is 6.73. The molecule has 1 atom stereocenters. The average Bonchev–Trinajstić information content (AvgIpc) is 2.93. The van der Waals surface area contributed by atoms with Crippen LogP contribution < -0.4 is 10.7 Å². The highest BCUT2D eigenvalue weighted by molar-refractivity contribution is 7.80. The number of amides is 3. The first-order valence-electron chi connectivity index (χ1n) is 9.34. The van der Waals surface area contributed by atoms with Gasteiger partial charge in [-0.05, 0) is 42.4 Å². The molecule has 156 valence electrons. The second-order valence-electron chi connectivity index (χ2n) is 6.81. The van der Waals surface area contributed by atoms with Crippen LogP contribution in [-0.2, 0) is 16.0 Å². The van der Waals surface area contributed by atoms with E-state index in [0.29, 0.717) is 13.0 Å². The van der Waals surface area contributed by atoms with Gasteiger partial charge in [0.25, 0.3) is 11.8 Å². The molecule has 2 aromatic rings. The van der Waals surface area contributed by atoms with Gasteiger partial charge in [-0.1, -0.05) is 36.4 Å². The molecule has 3 rings (SSSR count). The fourth-order valence-electron chi connectivity index (χ4n) is 3.07. The number of rotatable bonds is 7. The van der Waals surface area contributed by atoms with Gasteiger partial charge in [0.2, 0.25) is 5.91 Å². The highest BCUT2D eigenvalue weighted by Crippen LogP contribution is 2.18. The van der Waals surface area contributed by atoms with E-state index < -0.39 is 23.7 Å². The quantitative estimate of drug-likeness (QED) is 0.656. The Hall–Kier alpha value is -3.33. The molecular formula is C21H21FN4O3S. The zero-order chi connectivity index (χ0) is 21.7. The van der Waals surface area contributed by atoms with Crippen molar-refractivity contribution in [1.29, 1.82) is 0 Å². The van der Waals surface area contributed by atoms with Crippen molar-refractivity contribution < 1.29 is 18.8 Å². The Morgan fingerprint density at radius 3 is 2.57 bits per heavy atom. The number of hydrazine groups is 1. The minimum absolute atomic E-state index is 0.0619. The van der Waals surface area contributed by atoms with Gasteiger partial charge in [-0.3, -0.25) is 24.7 Å². The van der Waals surface area contributed by atoms with E-state index in [-0.39, 0.29) is 23.0 Å². The maximum Gasteiger partial charge on any atom is 0.269 e. The monoisotopic (exact) mass is 428 g/mol. The van der Waals surface area contributed by atoms with Crippen molar-refractivity contribution in [2.75, 3.05) is 13.6 Å². The maximum atomic E-state index is 13.4. The third kappa shape index (κ3) is 4.98. The van der Waals surface area contributed by atoms with Gasteiger partial charge in [-0.2, -0.15) is 0 Å². The maximum absolute atomic E-state index is 13.4. The first-order chi connectivity index (χ1) is 14.4. The number of carbonyl (C=O) groups excluding carboxylic acids is 3. The summed E-state index contributed by atoms with van der Waals surface area (Å²) in [6.07, 6.45) is 0.477. The number of likely N-dealkylation sites (N-methyl/N-ethyl adjacent to an activating group) is 1. The summed E-state index contributed by atoms with van der Waals surface area (Å²) in [4.78, 5) is 38.6. The fourth-order valence-corrected chi connectivity index (χ4v) is 3.33. The summed E-state index contributed by atoms with van der Waals surface area (Å²) in [5.41, 5.74) is 3.67. The van der Waals surface area contributed by atoms with Crippen molar-refractivity contribution in [3.8, 4) is 0 Å². The number of carbonyl (C=O) groups is 3. The molecule has 9 heteroatoms. The van der Waals surface area contributed by atoms with Crippen LogP contribution in [0.25, 0.3) is 0 Å². The molecular weight excluding hydrogens is 407 g/mol. The van der Waals surface area contributed by atoms with E-state index in [0.717, 1.165) is 11.6 Å². The van der Waals surface area contributed by atoms with Crippen molar-refractivity contribution in [1.82, 2.24) is 20.7 Å². The number of benzene rings is 2. The van der Waals surface area contributed by atoms with Crippen LogP contribution in [0.3, 0.4) is 0 Å². The number of thiocarbonyl (C=S) groups is 1. The Morgan fingerprint density at radius 2 is 1.87 bits per heavy atom. The lowest BCUT2D eigenvalue weighted by molar-refractivity contribution is -0.131. The average molecular weight is 428 g/mol. The van der Waals surface area contributed by atoms with E-state index in [1.807, 2.05) is 30.3 Å². The van der Waals surface area contributed by atoms with E-state index >= 15 is 0 Å². The molecule has 0 bridgehead atoms. The van der Waals surface area contributed by atoms with Gasteiger partial charge in [0, 0.05) is 19.2 Å². The molecule has 1 fully saturated rings. The summed E-state index contributed by atoms with van der Waals surface area (Å²) in [6.45, 7) is 0.416. The summed E-state index contributed by atoms with van der Waals surface area (Å²) < 4.78 is 13.4. The molecule has 30 heavy (non-hydrogen) atoms. The SMILES string of the molecule is CN1C(=O)[C@H](CC(=O)NCCc2ccccc2)N(NC(=O)c2cccc(F)c2)C1=S. The molecule has 3 amide bonds. The largest absolute Gasteiger partial charge is 0.356 e. The van der Waals surface area contributed by atoms with Crippen molar-refractivity contribution >= 4 is 35.1 Å². The van der Waals surface area contributed by atoms with Crippen molar-refractivity contribution in [3.05, 3.63) is 71.5 Å². The van der Waals surface area contributed by atoms with Crippen molar-refractivity contribution in [3.63, 3.8) is 0 Å². The zero-order valence-corrected chi connectivity index (χ0v) is 17.1. The lowest BCUT2D eigenvalue weighted by atomic mass is 10.1. The number of hydrogen-bond donors (Lipinski definition) is 2. The predicted octanol–water partition coefficient (Wildman–Crippen LogP) is 1.65. The first kappa shape index (κ1) is 21.4. The van der Waals surface area contributed by atoms with E-state index in [4.69, 9.17) is 12.2 Å². The van der Waals surface area contributed by atoms with Gasteiger partial charge in [-0.15, -0.1) is 0 Å². The second-order valence-corrected chi connectivity index (χ2v) is 7.17. The molecule has 0 radical (unpaired) electrons. The van der Waals surface area contributed by atoms with Crippen LogP contribution in [-0.4, -0.2) is 52.4 Å². The van der Waals surface area contributed by atoms with E-state index in [2.05, 4.69) is 10.7 Å². The van der Waals surface area contributed by atoms with Crippen LogP contribution >= 0.6 is 12.2 Å². The Bertz CT molecular complexity index is 970. The molecule has 7 nitrogen and oxygen atoms in total. The van der Waals surface area contributed by atoms with Gasteiger partial charge in [0.15, 0.2) is 5.11 Å². The lowest BCUT2D eigenvalue weighted by Gasteiger charge is -2.24. The van der Waals surface area contributed by atoms with Crippen LogP contribution in [0.5, 0.6) is 0 Å². The lowest BCUT2D eigenvalue weighted by Crippen LogP contribution is -2.50. The van der Waals surface area contributed by atoms with Gasteiger partial charge < -0.3 is 5.32 Å². The smallest absolute Gasteiger partial charge is 0.269 e. The molecule has 0 saturated carbocycles. The molecule has 0 spiro atoms. The molecule has 1 aliphatic rings. The van der Waals surface area contributed by atoms with Crippen LogP contribution in [0.4, 0.5) is 4.39 Å². The second kappa shape index (κ2) is 9.45. The van der Waals surface area contributed by atoms with E-state index in [1.54, 1.807) is 0 Å². The summed E-state index contributed by atoms with van der Waals surface area (Å²) in [5.74, 6) is -1.94. The Morgan fingerprint density at radius 1 is 1.13 bits per heavy atom. The summed E-state index contributed by atoms with van der Waals surface area (Å²) in [7, 11) is 1.47. The highest BCUT2D eigenvalue weighted by atomic mass is 32.1. The van der Waals surface area contributed by atoms with Gasteiger partial charge in [-0.25, -0.2) is 9.40 Å². The van der Waals surface area contributed by atoms with Crippen LogP contribution in [0.2, 0.25) is 0 Å². The molecule has 0 aromatic heterocycles. The molecule has 2 aromatic carbocycles. The van der Waals surface area contributed by atoms with Crippen LogP contribution in [0.1, 0.15) is 22.3 Å². The topological polar surface area (TPSA) is 81.8 Å². The molecule has 2 N–H and O–H groups in total. The number of nitrogens with one attached hydrogen (secondary N) is 2. The van der Waals surface area contributed by atoms with Gasteiger partial charge in [0.05, 0.1) is 6.42 Å². The van der Waals surface area contributed by atoms with Crippen molar-refractivity contribution in [2.24, 2.45) is 0 Å². The minimum atomic E-state index is -0.975. The normalized spacial score (nSPS) is 16.0. The summed E-state index contributed by atoms with van der Waals surface area (Å²) in [5, 5.41) is 4.02. The van der Waals surface area contributed by atoms with Gasteiger partial charge in [0.1, 0.15) is 11.9 Å². The molecule has 1 saturated heterocycles. The first-order valence-corrected chi connectivity index (χ1v) is 9.75. The molecule has 1 aliphatic heterocycles.